The second-order valence-electron chi connectivity index (χ2n) is 5.06. The molecule has 0 bridgehead atoms. The second kappa shape index (κ2) is 4.64. The molecule has 0 aromatic heterocycles. The minimum absolute atomic E-state index is 0.0331. The molecule has 0 spiro atoms. The highest BCUT2D eigenvalue weighted by atomic mass is 32.2. The van der Waals surface area contributed by atoms with Crippen LogP contribution in [0.25, 0.3) is 0 Å². The molecule has 1 unspecified atom stereocenters. The Kier molecular flexibility index (Phi) is 3.13. The number of benzene rings is 1. The lowest BCUT2D eigenvalue weighted by molar-refractivity contribution is 0.361. The largest absolute Gasteiger partial charge is 0.317 e. The highest BCUT2D eigenvalue weighted by Gasteiger charge is 2.35. The fourth-order valence-electron chi connectivity index (χ4n) is 2.86. The van der Waals surface area contributed by atoms with Gasteiger partial charge >= 0.3 is 0 Å². The van der Waals surface area contributed by atoms with Crippen molar-refractivity contribution >= 4 is 9.84 Å². The smallest absolute Gasteiger partial charge is 0.180 e. The summed E-state index contributed by atoms with van der Waals surface area (Å²) in [6.45, 7) is 2.03. The van der Waals surface area contributed by atoms with Gasteiger partial charge in [0.15, 0.2) is 9.84 Å². The van der Waals surface area contributed by atoms with E-state index in [0.29, 0.717) is 10.9 Å². The first-order chi connectivity index (χ1) is 8.67. The van der Waals surface area contributed by atoms with Gasteiger partial charge in [0.25, 0.3) is 0 Å². The van der Waals surface area contributed by atoms with Crippen molar-refractivity contribution in [1.29, 1.82) is 0 Å². The van der Waals surface area contributed by atoms with E-state index in [1.807, 2.05) is 12.1 Å². The van der Waals surface area contributed by atoms with Crippen molar-refractivity contribution in [2.45, 2.75) is 29.8 Å². The van der Waals surface area contributed by atoms with Gasteiger partial charge in [0.2, 0.25) is 0 Å². The zero-order valence-corrected chi connectivity index (χ0v) is 11.0. The van der Waals surface area contributed by atoms with E-state index in [2.05, 4.69) is 10.6 Å². The van der Waals surface area contributed by atoms with Crippen LogP contribution in [0.3, 0.4) is 0 Å². The van der Waals surface area contributed by atoms with Gasteiger partial charge in [0.1, 0.15) is 0 Å². The van der Waals surface area contributed by atoms with Gasteiger partial charge in [-0.2, -0.15) is 0 Å². The lowest BCUT2D eigenvalue weighted by atomic mass is 10.0. The SMILES string of the molecule is O=S1(=O)CC(NC2CCNCC2)c2ccccc21. The van der Waals surface area contributed by atoms with Crippen LogP contribution in [0.2, 0.25) is 0 Å². The Hall–Kier alpha value is -0.910. The summed E-state index contributed by atoms with van der Waals surface area (Å²) in [6, 6.07) is 7.75. The normalized spacial score (nSPS) is 27.0. The maximum atomic E-state index is 12.1. The van der Waals surface area contributed by atoms with Crippen molar-refractivity contribution in [3.05, 3.63) is 29.8 Å². The molecule has 2 aliphatic heterocycles. The first-order valence-electron chi connectivity index (χ1n) is 6.45. The summed E-state index contributed by atoms with van der Waals surface area (Å²) >= 11 is 0. The number of hydrogen-bond donors (Lipinski definition) is 2. The topological polar surface area (TPSA) is 58.2 Å². The maximum absolute atomic E-state index is 12.1. The molecule has 0 radical (unpaired) electrons. The molecule has 2 heterocycles. The molecule has 4 nitrogen and oxygen atoms in total. The molecule has 3 rings (SSSR count). The molecular weight excluding hydrogens is 248 g/mol. The Morgan fingerprint density at radius 3 is 2.67 bits per heavy atom. The number of hydrogen-bond acceptors (Lipinski definition) is 4. The molecule has 2 aliphatic rings. The second-order valence-corrected chi connectivity index (χ2v) is 7.07. The van der Waals surface area contributed by atoms with Gasteiger partial charge in [-0.25, -0.2) is 8.42 Å². The highest BCUT2D eigenvalue weighted by Crippen LogP contribution is 2.33. The third-order valence-electron chi connectivity index (χ3n) is 3.79. The lowest BCUT2D eigenvalue weighted by Crippen LogP contribution is -2.42. The zero-order valence-electron chi connectivity index (χ0n) is 10.2. The molecule has 1 aromatic carbocycles. The lowest BCUT2D eigenvalue weighted by Gasteiger charge is -2.27. The summed E-state index contributed by atoms with van der Waals surface area (Å²) in [5.74, 6) is 0.205. The Balaban J connectivity index is 1.83. The molecule has 1 saturated heterocycles. The molecule has 18 heavy (non-hydrogen) atoms. The van der Waals surface area contributed by atoms with E-state index < -0.39 is 9.84 Å². The number of rotatable bonds is 2. The Morgan fingerprint density at radius 1 is 1.17 bits per heavy atom. The van der Waals surface area contributed by atoms with E-state index in [-0.39, 0.29) is 11.8 Å². The van der Waals surface area contributed by atoms with Gasteiger partial charge in [-0.1, -0.05) is 18.2 Å². The molecule has 0 aliphatic carbocycles. The summed E-state index contributed by atoms with van der Waals surface area (Å²) in [4.78, 5) is 0.511. The van der Waals surface area contributed by atoms with Crippen LogP contribution in [0.1, 0.15) is 24.4 Å². The molecule has 0 saturated carbocycles. The van der Waals surface area contributed by atoms with Crippen LogP contribution in [-0.4, -0.2) is 33.3 Å². The van der Waals surface area contributed by atoms with E-state index in [9.17, 15) is 8.42 Å². The minimum atomic E-state index is -3.08. The monoisotopic (exact) mass is 266 g/mol. The van der Waals surface area contributed by atoms with Crippen molar-refractivity contribution in [3.8, 4) is 0 Å². The van der Waals surface area contributed by atoms with Crippen LogP contribution in [0.5, 0.6) is 0 Å². The Bertz CT molecular complexity index is 536. The number of piperidine rings is 1. The van der Waals surface area contributed by atoms with Crippen LogP contribution in [0.4, 0.5) is 0 Å². The average Bonchev–Trinajstić information content (AvgIpc) is 2.63. The Morgan fingerprint density at radius 2 is 1.89 bits per heavy atom. The summed E-state index contributed by atoms with van der Waals surface area (Å²) in [5, 5.41) is 6.83. The van der Waals surface area contributed by atoms with Crippen molar-refractivity contribution < 1.29 is 8.42 Å². The minimum Gasteiger partial charge on any atom is -0.317 e. The number of fused-ring (bicyclic) bond motifs is 1. The maximum Gasteiger partial charge on any atom is 0.180 e. The van der Waals surface area contributed by atoms with Gasteiger partial charge in [-0.15, -0.1) is 0 Å². The van der Waals surface area contributed by atoms with Crippen LogP contribution >= 0.6 is 0 Å². The van der Waals surface area contributed by atoms with Crippen LogP contribution in [0, 0.1) is 0 Å². The van der Waals surface area contributed by atoms with Crippen molar-refractivity contribution in [2.24, 2.45) is 0 Å². The summed E-state index contributed by atoms with van der Waals surface area (Å²) in [6.07, 6.45) is 2.14. The first-order valence-corrected chi connectivity index (χ1v) is 8.10. The average molecular weight is 266 g/mol. The van der Waals surface area contributed by atoms with Gasteiger partial charge in [0.05, 0.1) is 10.6 Å². The van der Waals surface area contributed by atoms with Crippen molar-refractivity contribution in [3.63, 3.8) is 0 Å². The summed E-state index contributed by atoms with van der Waals surface area (Å²) in [7, 11) is -3.08. The van der Waals surface area contributed by atoms with Gasteiger partial charge in [-0.3, -0.25) is 0 Å². The van der Waals surface area contributed by atoms with Crippen LogP contribution in [0.15, 0.2) is 29.2 Å². The van der Waals surface area contributed by atoms with E-state index in [1.165, 1.54) is 0 Å². The van der Waals surface area contributed by atoms with E-state index in [1.54, 1.807) is 12.1 Å². The van der Waals surface area contributed by atoms with Gasteiger partial charge in [0, 0.05) is 12.1 Å². The standard InChI is InChI=1S/C13H18N2O2S/c16-18(17)9-12(11-3-1-2-4-13(11)18)15-10-5-7-14-8-6-10/h1-4,10,12,14-15H,5-9H2. The van der Waals surface area contributed by atoms with Gasteiger partial charge < -0.3 is 10.6 Å². The molecular formula is C13H18N2O2S. The highest BCUT2D eigenvalue weighted by molar-refractivity contribution is 7.91. The molecule has 1 fully saturated rings. The predicted molar refractivity (Wildman–Crippen MR) is 70.3 cm³/mol. The number of sulfone groups is 1. The number of nitrogens with one attached hydrogen (secondary N) is 2. The molecule has 0 amide bonds. The molecule has 2 N–H and O–H groups in total. The van der Waals surface area contributed by atoms with Crippen LogP contribution < -0.4 is 10.6 Å². The van der Waals surface area contributed by atoms with E-state index in [0.717, 1.165) is 31.5 Å². The van der Waals surface area contributed by atoms with Gasteiger partial charge in [-0.05, 0) is 37.6 Å². The third kappa shape index (κ3) is 2.18. The molecule has 1 aromatic rings. The fourth-order valence-corrected chi connectivity index (χ4v) is 4.61. The summed E-state index contributed by atoms with van der Waals surface area (Å²) in [5.41, 5.74) is 0.941. The van der Waals surface area contributed by atoms with Crippen molar-refractivity contribution in [1.82, 2.24) is 10.6 Å². The third-order valence-corrected chi connectivity index (χ3v) is 5.61. The Labute approximate surface area is 108 Å². The quantitative estimate of drug-likeness (QED) is 0.833. The zero-order chi connectivity index (χ0) is 12.6. The molecule has 98 valence electrons. The first kappa shape index (κ1) is 12.1. The van der Waals surface area contributed by atoms with E-state index in [4.69, 9.17) is 0 Å². The predicted octanol–water partition coefficient (Wildman–Crippen LogP) is 0.857. The van der Waals surface area contributed by atoms with Crippen LogP contribution in [-0.2, 0) is 9.84 Å². The van der Waals surface area contributed by atoms with E-state index >= 15 is 0 Å². The molecule has 5 heteroatoms. The van der Waals surface area contributed by atoms with Crippen molar-refractivity contribution in [2.75, 3.05) is 18.8 Å². The molecule has 1 atom stereocenters. The summed E-state index contributed by atoms with van der Waals surface area (Å²) < 4.78 is 24.1. The fraction of sp³-hybridized carbons (Fsp3) is 0.538.